The van der Waals surface area contributed by atoms with Gasteiger partial charge in [0.15, 0.2) is 5.13 Å². The van der Waals surface area contributed by atoms with Crippen molar-refractivity contribution in [2.24, 2.45) is 0 Å². The van der Waals surface area contributed by atoms with Crippen molar-refractivity contribution in [2.45, 2.75) is 38.1 Å². The summed E-state index contributed by atoms with van der Waals surface area (Å²) in [5.74, 6) is -0.300. The molecule has 2 aromatic rings. The van der Waals surface area contributed by atoms with E-state index in [1.165, 1.54) is 17.8 Å². The van der Waals surface area contributed by atoms with Gasteiger partial charge in [-0.15, -0.1) is 11.3 Å². The number of carbonyl (C=O) groups is 2. The average Bonchev–Trinajstić information content (AvgIpc) is 3.13. The second-order valence-corrected chi connectivity index (χ2v) is 7.93. The normalized spacial score (nSPS) is 14.9. The van der Waals surface area contributed by atoms with Gasteiger partial charge in [-0.2, -0.15) is 0 Å². The van der Waals surface area contributed by atoms with E-state index in [1.54, 1.807) is 28.6 Å². The smallest absolute Gasteiger partial charge is 0.254 e. The number of aromatic nitrogens is 1. The van der Waals surface area contributed by atoms with E-state index in [2.05, 4.69) is 26.2 Å². The van der Waals surface area contributed by atoms with Crippen LogP contribution in [-0.4, -0.2) is 34.3 Å². The Morgan fingerprint density at radius 1 is 1.28 bits per heavy atom. The number of thiazole rings is 1. The van der Waals surface area contributed by atoms with E-state index in [0.29, 0.717) is 10.7 Å². The van der Waals surface area contributed by atoms with E-state index in [-0.39, 0.29) is 24.4 Å². The van der Waals surface area contributed by atoms with Crippen LogP contribution in [0.25, 0.3) is 0 Å². The van der Waals surface area contributed by atoms with E-state index in [9.17, 15) is 9.59 Å². The van der Waals surface area contributed by atoms with Crippen LogP contribution in [0.2, 0.25) is 0 Å². The van der Waals surface area contributed by atoms with Crippen molar-refractivity contribution in [2.75, 3.05) is 11.9 Å². The standard InChI is InChI=1S/C18H20BrN3O2S/c19-14-6-4-5-13(11-14)17(24)22(15-7-2-1-3-8-15)12-16(23)21-18-20-9-10-25-18/h4-6,9-11,15H,1-3,7-8,12H2,(H,20,21,23). The lowest BCUT2D eigenvalue weighted by atomic mass is 9.93. The van der Waals surface area contributed by atoms with Crippen LogP contribution in [-0.2, 0) is 4.79 Å². The van der Waals surface area contributed by atoms with Crippen LogP contribution in [0.1, 0.15) is 42.5 Å². The molecule has 1 fully saturated rings. The molecule has 132 valence electrons. The van der Waals surface area contributed by atoms with Crippen LogP contribution < -0.4 is 5.32 Å². The highest BCUT2D eigenvalue weighted by Crippen LogP contribution is 2.25. The summed E-state index contributed by atoms with van der Waals surface area (Å²) in [6.07, 6.45) is 6.93. The summed E-state index contributed by atoms with van der Waals surface area (Å²) < 4.78 is 0.856. The summed E-state index contributed by atoms with van der Waals surface area (Å²) in [6, 6.07) is 7.43. The first kappa shape index (κ1) is 18.1. The van der Waals surface area contributed by atoms with Crippen molar-refractivity contribution < 1.29 is 9.59 Å². The van der Waals surface area contributed by atoms with Gasteiger partial charge in [-0.05, 0) is 31.0 Å². The number of amides is 2. The van der Waals surface area contributed by atoms with E-state index >= 15 is 0 Å². The highest BCUT2D eigenvalue weighted by molar-refractivity contribution is 9.10. The van der Waals surface area contributed by atoms with Crippen LogP contribution in [0, 0.1) is 0 Å². The quantitative estimate of drug-likeness (QED) is 0.781. The lowest BCUT2D eigenvalue weighted by Gasteiger charge is -2.34. The van der Waals surface area contributed by atoms with Crippen molar-refractivity contribution in [3.8, 4) is 0 Å². The van der Waals surface area contributed by atoms with Gasteiger partial charge in [-0.3, -0.25) is 9.59 Å². The Hall–Kier alpha value is -1.73. The second kappa shape index (κ2) is 8.58. The number of nitrogens with zero attached hydrogens (tertiary/aromatic N) is 2. The Morgan fingerprint density at radius 2 is 2.08 bits per heavy atom. The Morgan fingerprint density at radius 3 is 2.76 bits per heavy atom. The fourth-order valence-electron chi connectivity index (χ4n) is 3.15. The number of rotatable bonds is 5. The number of nitrogens with one attached hydrogen (secondary N) is 1. The summed E-state index contributed by atoms with van der Waals surface area (Å²) in [4.78, 5) is 31.3. The van der Waals surface area contributed by atoms with E-state index in [0.717, 1.165) is 30.2 Å². The van der Waals surface area contributed by atoms with Gasteiger partial charge in [-0.25, -0.2) is 4.98 Å². The van der Waals surface area contributed by atoms with E-state index < -0.39 is 0 Å². The van der Waals surface area contributed by atoms with Crippen molar-refractivity contribution in [1.82, 2.24) is 9.88 Å². The van der Waals surface area contributed by atoms with Gasteiger partial charge in [0.2, 0.25) is 5.91 Å². The number of benzene rings is 1. The Labute approximate surface area is 159 Å². The molecule has 1 aromatic carbocycles. The molecule has 0 unspecified atom stereocenters. The zero-order valence-corrected chi connectivity index (χ0v) is 16.2. The molecule has 0 radical (unpaired) electrons. The van der Waals surface area contributed by atoms with Crippen molar-refractivity contribution in [3.05, 3.63) is 45.9 Å². The summed E-state index contributed by atoms with van der Waals surface area (Å²) in [5.41, 5.74) is 0.599. The molecule has 2 amide bonds. The van der Waals surface area contributed by atoms with Gasteiger partial charge in [0, 0.05) is 27.7 Å². The van der Waals surface area contributed by atoms with Crippen molar-refractivity contribution >= 4 is 44.2 Å². The van der Waals surface area contributed by atoms with Crippen LogP contribution in [0.3, 0.4) is 0 Å². The lowest BCUT2D eigenvalue weighted by molar-refractivity contribution is -0.117. The van der Waals surface area contributed by atoms with E-state index in [4.69, 9.17) is 0 Å². The first-order valence-corrected chi connectivity index (χ1v) is 10.1. The number of hydrogen-bond acceptors (Lipinski definition) is 4. The van der Waals surface area contributed by atoms with Gasteiger partial charge >= 0.3 is 0 Å². The second-order valence-electron chi connectivity index (χ2n) is 6.12. The molecule has 3 rings (SSSR count). The summed E-state index contributed by atoms with van der Waals surface area (Å²) in [6.45, 7) is 0.0512. The molecule has 0 saturated heterocycles. The van der Waals surface area contributed by atoms with Crippen LogP contribution in [0.15, 0.2) is 40.3 Å². The van der Waals surface area contributed by atoms with Crippen molar-refractivity contribution in [3.63, 3.8) is 0 Å². The molecule has 1 N–H and O–H groups in total. The monoisotopic (exact) mass is 421 g/mol. The third-order valence-electron chi connectivity index (χ3n) is 4.34. The predicted octanol–water partition coefficient (Wildman–Crippen LogP) is 4.32. The molecule has 0 spiro atoms. The first-order valence-electron chi connectivity index (χ1n) is 8.39. The summed E-state index contributed by atoms with van der Waals surface area (Å²) in [5, 5.41) is 5.14. The van der Waals surface area contributed by atoms with Crippen LogP contribution >= 0.6 is 27.3 Å². The van der Waals surface area contributed by atoms with Gasteiger partial charge in [0.1, 0.15) is 6.54 Å². The molecular weight excluding hydrogens is 402 g/mol. The molecule has 5 nitrogen and oxygen atoms in total. The molecule has 1 aliphatic carbocycles. The zero-order chi connectivity index (χ0) is 17.6. The molecule has 0 bridgehead atoms. The molecular formula is C18H20BrN3O2S. The van der Waals surface area contributed by atoms with Crippen LogP contribution in [0.5, 0.6) is 0 Å². The number of carbonyl (C=O) groups excluding carboxylic acids is 2. The molecule has 25 heavy (non-hydrogen) atoms. The molecule has 1 heterocycles. The zero-order valence-electron chi connectivity index (χ0n) is 13.8. The maximum absolute atomic E-state index is 13.0. The molecule has 0 atom stereocenters. The number of hydrogen-bond donors (Lipinski definition) is 1. The maximum atomic E-state index is 13.0. The van der Waals surface area contributed by atoms with Gasteiger partial charge in [-0.1, -0.05) is 41.3 Å². The minimum atomic E-state index is -0.205. The largest absolute Gasteiger partial charge is 0.326 e. The Balaban J connectivity index is 1.76. The maximum Gasteiger partial charge on any atom is 0.254 e. The fourth-order valence-corrected chi connectivity index (χ4v) is 4.09. The minimum absolute atomic E-state index is 0.0512. The number of anilines is 1. The Bertz CT molecular complexity index is 730. The highest BCUT2D eigenvalue weighted by atomic mass is 79.9. The minimum Gasteiger partial charge on any atom is -0.326 e. The van der Waals surface area contributed by atoms with E-state index in [1.807, 2.05) is 12.1 Å². The van der Waals surface area contributed by atoms with Gasteiger partial charge in [0.25, 0.3) is 5.91 Å². The fraction of sp³-hybridized carbons (Fsp3) is 0.389. The SMILES string of the molecule is O=C(CN(C(=O)c1cccc(Br)c1)C1CCCCC1)Nc1nccs1. The molecule has 1 aromatic heterocycles. The summed E-state index contributed by atoms with van der Waals surface area (Å²) in [7, 11) is 0. The number of halogens is 1. The van der Waals surface area contributed by atoms with Gasteiger partial charge in [0.05, 0.1) is 0 Å². The van der Waals surface area contributed by atoms with Crippen LogP contribution in [0.4, 0.5) is 5.13 Å². The van der Waals surface area contributed by atoms with Crippen molar-refractivity contribution in [1.29, 1.82) is 0 Å². The van der Waals surface area contributed by atoms with Gasteiger partial charge < -0.3 is 10.2 Å². The average molecular weight is 422 g/mol. The molecule has 1 aliphatic rings. The molecule has 0 aliphatic heterocycles. The predicted molar refractivity (Wildman–Crippen MR) is 103 cm³/mol. The first-order chi connectivity index (χ1) is 12.1. The summed E-state index contributed by atoms with van der Waals surface area (Å²) >= 11 is 4.78. The lowest BCUT2D eigenvalue weighted by Crippen LogP contribution is -2.45. The molecule has 7 heteroatoms. The Kier molecular flexibility index (Phi) is 6.20. The topological polar surface area (TPSA) is 62.3 Å². The highest BCUT2D eigenvalue weighted by Gasteiger charge is 2.28. The third-order valence-corrected chi connectivity index (χ3v) is 5.52. The third kappa shape index (κ3) is 4.89. The molecule has 1 saturated carbocycles.